The van der Waals surface area contributed by atoms with E-state index in [9.17, 15) is 29.3 Å². The zero-order valence-corrected chi connectivity index (χ0v) is 31.5. The fourth-order valence-corrected chi connectivity index (χ4v) is 5.74. The number of allylic oxidation sites excluding steroid dienone is 6. The summed E-state index contributed by atoms with van der Waals surface area (Å²) in [6.45, 7) is 2.05. The van der Waals surface area contributed by atoms with Crippen molar-refractivity contribution in [2.24, 2.45) is 0 Å². The number of carbonyl (C=O) groups excluding carboxylic acids is 2. The number of rotatable bonds is 35. The summed E-state index contributed by atoms with van der Waals surface area (Å²) in [4.78, 5) is 34.3. The van der Waals surface area contributed by atoms with Gasteiger partial charge in [0.25, 0.3) is 0 Å². The molecule has 0 amide bonds. The molecule has 0 saturated carbocycles. The molecule has 0 spiro atoms. The topological polar surface area (TPSA) is 149 Å². The highest BCUT2D eigenvalue weighted by Crippen LogP contribution is 2.43. The number of esters is 2. The number of phosphoric ester groups is 1. The summed E-state index contributed by atoms with van der Waals surface area (Å²) >= 11 is 0. The number of carbonyl (C=O) groups is 2. The average Bonchev–Trinajstić information content (AvgIpc) is 3.09. The second-order valence-corrected chi connectivity index (χ2v) is 14.0. The monoisotopic (exact) mass is 716 g/mol. The van der Waals surface area contributed by atoms with E-state index in [-0.39, 0.29) is 12.8 Å². The quantitative estimate of drug-likeness (QED) is 0.0251. The molecule has 0 aromatic carbocycles. The van der Waals surface area contributed by atoms with Crippen molar-refractivity contribution in [3.63, 3.8) is 0 Å². The third kappa shape index (κ3) is 33.1. The Labute approximate surface area is 297 Å². The molecule has 3 atom stereocenters. The molecule has 0 heterocycles. The summed E-state index contributed by atoms with van der Waals surface area (Å²) in [6, 6.07) is 0. The second kappa shape index (κ2) is 34.6. The largest absolute Gasteiger partial charge is 0.472 e. The highest BCUT2D eigenvalue weighted by Gasteiger charge is 2.27. The highest BCUT2D eigenvalue weighted by molar-refractivity contribution is 7.47. The molecule has 10 nitrogen and oxygen atoms in total. The molecule has 0 aliphatic heterocycles. The van der Waals surface area contributed by atoms with Gasteiger partial charge in [0.2, 0.25) is 0 Å². The smallest absolute Gasteiger partial charge is 0.457 e. The molecule has 3 N–H and O–H groups in total. The lowest BCUT2D eigenvalue weighted by Gasteiger charge is -2.20. The summed E-state index contributed by atoms with van der Waals surface area (Å²) in [5.74, 6) is -1.04. The number of aliphatic hydroxyl groups is 2. The predicted octanol–water partition coefficient (Wildman–Crippen LogP) is 9.22. The number of hydrogen-bond donors (Lipinski definition) is 3. The second-order valence-electron chi connectivity index (χ2n) is 12.5. The molecule has 49 heavy (non-hydrogen) atoms. The predicted molar refractivity (Wildman–Crippen MR) is 196 cm³/mol. The maximum Gasteiger partial charge on any atom is 0.472 e. The molecule has 0 aromatic rings. The molecule has 0 fully saturated rings. The SMILES string of the molecule is CC/C=C\C/C=C\C/C=C\CCCCCCCC(=O)OC(CO)COP(=O)(O)OCC(CO)OC(=O)CCCCCCCCCCCCC. The van der Waals surface area contributed by atoms with Crippen molar-refractivity contribution in [1.29, 1.82) is 0 Å². The van der Waals surface area contributed by atoms with E-state index in [1.165, 1.54) is 44.9 Å². The fourth-order valence-electron chi connectivity index (χ4n) is 4.95. The molecule has 0 bridgehead atoms. The number of unbranched alkanes of at least 4 members (excludes halogenated alkanes) is 15. The molecule has 0 aliphatic carbocycles. The molecule has 0 rings (SSSR count). The van der Waals surface area contributed by atoms with Gasteiger partial charge in [-0.25, -0.2) is 4.57 Å². The molecule has 0 radical (unpaired) electrons. The van der Waals surface area contributed by atoms with Gasteiger partial charge in [-0.1, -0.05) is 134 Å². The first kappa shape index (κ1) is 47.2. The van der Waals surface area contributed by atoms with Crippen molar-refractivity contribution in [3.05, 3.63) is 36.5 Å². The molecule has 286 valence electrons. The standard InChI is InChI=1S/C38H69O10P/c1-3-5-7-9-11-13-15-16-17-18-20-22-24-26-28-30-38(42)48-36(32-40)34-46-49(43,44)45-33-35(31-39)47-37(41)29-27-25-23-21-19-14-12-10-8-6-4-2/h5,7,11,13,16-17,35-36,39-40H,3-4,6,8-10,12,14-15,18-34H2,1-2H3,(H,43,44)/b7-5-,13-11-,17-16-. The van der Waals surface area contributed by atoms with E-state index >= 15 is 0 Å². The van der Waals surface area contributed by atoms with Gasteiger partial charge >= 0.3 is 19.8 Å². The van der Waals surface area contributed by atoms with Gasteiger partial charge in [-0.2, -0.15) is 0 Å². The van der Waals surface area contributed by atoms with Crippen LogP contribution in [0.4, 0.5) is 0 Å². The van der Waals surface area contributed by atoms with Crippen LogP contribution in [-0.2, 0) is 32.7 Å². The van der Waals surface area contributed by atoms with Crippen molar-refractivity contribution in [2.75, 3.05) is 26.4 Å². The molecule has 0 saturated heterocycles. The minimum atomic E-state index is -4.63. The van der Waals surface area contributed by atoms with Gasteiger partial charge in [0.1, 0.15) is 12.2 Å². The van der Waals surface area contributed by atoms with Gasteiger partial charge < -0.3 is 24.6 Å². The van der Waals surface area contributed by atoms with Crippen LogP contribution in [0.3, 0.4) is 0 Å². The normalized spacial score (nSPS) is 14.5. The van der Waals surface area contributed by atoms with E-state index < -0.39 is 58.4 Å². The summed E-state index contributed by atoms with van der Waals surface area (Å²) in [5, 5.41) is 19.1. The van der Waals surface area contributed by atoms with E-state index in [4.69, 9.17) is 18.5 Å². The van der Waals surface area contributed by atoms with Crippen LogP contribution in [0.15, 0.2) is 36.5 Å². The van der Waals surface area contributed by atoms with Gasteiger partial charge in [-0.05, 0) is 44.9 Å². The number of aliphatic hydroxyl groups excluding tert-OH is 2. The Morgan fingerprint density at radius 1 is 0.571 bits per heavy atom. The van der Waals surface area contributed by atoms with E-state index in [2.05, 4.69) is 50.3 Å². The zero-order valence-electron chi connectivity index (χ0n) is 30.7. The van der Waals surface area contributed by atoms with Crippen molar-refractivity contribution < 1.29 is 47.8 Å². The summed E-state index contributed by atoms with van der Waals surface area (Å²) < 4.78 is 32.4. The van der Waals surface area contributed by atoms with E-state index in [0.717, 1.165) is 70.6 Å². The minimum Gasteiger partial charge on any atom is -0.457 e. The lowest BCUT2D eigenvalue weighted by atomic mass is 10.1. The first-order chi connectivity index (χ1) is 23.8. The average molecular weight is 717 g/mol. The van der Waals surface area contributed by atoms with Crippen LogP contribution in [0.5, 0.6) is 0 Å². The molecule has 0 aromatic heterocycles. The van der Waals surface area contributed by atoms with Crippen LogP contribution in [0.1, 0.15) is 155 Å². The van der Waals surface area contributed by atoms with Gasteiger partial charge in [0, 0.05) is 12.8 Å². The Bertz CT molecular complexity index is 920. The number of phosphoric acid groups is 1. The molecular formula is C38H69O10P. The zero-order chi connectivity index (χ0) is 36.3. The Balaban J connectivity index is 4.01. The Morgan fingerprint density at radius 2 is 0.959 bits per heavy atom. The first-order valence-electron chi connectivity index (χ1n) is 18.9. The molecule has 11 heteroatoms. The fraction of sp³-hybridized carbons (Fsp3) is 0.789. The van der Waals surface area contributed by atoms with Crippen LogP contribution in [0.2, 0.25) is 0 Å². The summed E-state index contributed by atoms with van der Waals surface area (Å²) in [6.07, 6.45) is 32.7. The van der Waals surface area contributed by atoms with Crippen molar-refractivity contribution in [3.8, 4) is 0 Å². The lowest BCUT2D eigenvalue weighted by molar-refractivity contribution is -0.153. The van der Waals surface area contributed by atoms with Crippen LogP contribution < -0.4 is 0 Å². The van der Waals surface area contributed by atoms with Crippen LogP contribution in [-0.4, -0.2) is 65.7 Å². The third-order valence-corrected chi connectivity index (χ3v) is 8.82. The lowest BCUT2D eigenvalue weighted by Crippen LogP contribution is -2.28. The Kier molecular flexibility index (Phi) is 33.4. The Morgan fingerprint density at radius 3 is 1.39 bits per heavy atom. The highest BCUT2D eigenvalue weighted by atomic mass is 31.2. The first-order valence-corrected chi connectivity index (χ1v) is 20.4. The van der Waals surface area contributed by atoms with Gasteiger partial charge in [-0.3, -0.25) is 18.6 Å². The maximum absolute atomic E-state index is 12.3. The van der Waals surface area contributed by atoms with Crippen molar-refractivity contribution in [1.82, 2.24) is 0 Å². The molecule has 0 aliphatic rings. The maximum atomic E-state index is 12.3. The summed E-state index contributed by atoms with van der Waals surface area (Å²) in [5.41, 5.74) is 0. The number of hydrogen-bond acceptors (Lipinski definition) is 9. The van der Waals surface area contributed by atoms with Crippen LogP contribution in [0, 0.1) is 0 Å². The summed E-state index contributed by atoms with van der Waals surface area (Å²) in [7, 11) is -4.63. The van der Waals surface area contributed by atoms with Crippen LogP contribution in [0.25, 0.3) is 0 Å². The van der Waals surface area contributed by atoms with Gasteiger partial charge in [-0.15, -0.1) is 0 Å². The van der Waals surface area contributed by atoms with Crippen LogP contribution >= 0.6 is 7.82 Å². The van der Waals surface area contributed by atoms with Crippen molar-refractivity contribution >= 4 is 19.8 Å². The molecule has 3 unspecified atom stereocenters. The van der Waals surface area contributed by atoms with E-state index in [1.807, 2.05) is 0 Å². The minimum absolute atomic E-state index is 0.173. The third-order valence-electron chi connectivity index (χ3n) is 7.87. The van der Waals surface area contributed by atoms with Crippen molar-refractivity contribution in [2.45, 2.75) is 167 Å². The molecular weight excluding hydrogens is 647 g/mol. The van der Waals surface area contributed by atoms with E-state index in [1.54, 1.807) is 0 Å². The number of ether oxygens (including phenoxy) is 2. The van der Waals surface area contributed by atoms with E-state index in [0.29, 0.717) is 12.8 Å². The Hall–Kier alpha value is -1.81. The van der Waals surface area contributed by atoms with Gasteiger partial charge in [0.05, 0.1) is 26.4 Å². The van der Waals surface area contributed by atoms with Gasteiger partial charge in [0.15, 0.2) is 0 Å².